The first kappa shape index (κ1) is 15.1. The normalized spacial score (nSPS) is 12.0. The van der Waals surface area contributed by atoms with E-state index in [2.05, 4.69) is 5.32 Å². The summed E-state index contributed by atoms with van der Waals surface area (Å²) in [5.41, 5.74) is 6.51. The van der Waals surface area contributed by atoms with E-state index in [1.54, 1.807) is 12.1 Å². The second-order valence-electron chi connectivity index (χ2n) is 5.20. The average Bonchev–Trinajstić information content (AvgIpc) is 2.49. The maximum Gasteiger partial charge on any atom is 0.241 e. The SMILES string of the molecule is CC(C)[C@H](N)C(=O)Nc1ccc(Oc2ccccc2)cc1. The number of anilines is 1. The van der Waals surface area contributed by atoms with Crippen LogP contribution in [0.25, 0.3) is 0 Å². The zero-order valence-electron chi connectivity index (χ0n) is 12.2. The van der Waals surface area contributed by atoms with Crippen LogP contribution < -0.4 is 15.8 Å². The van der Waals surface area contributed by atoms with Gasteiger partial charge in [0.1, 0.15) is 11.5 Å². The molecule has 0 saturated heterocycles. The lowest BCUT2D eigenvalue weighted by atomic mass is 10.1. The third-order valence-electron chi connectivity index (χ3n) is 3.12. The van der Waals surface area contributed by atoms with Crippen LogP contribution in [0.2, 0.25) is 0 Å². The smallest absolute Gasteiger partial charge is 0.241 e. The quantitative estimate of drug-likeness (QED) is 0.884. The van der Waals surface area contributed by atoms with Crippen molar-refractivity contribution in [1.82, 2.24) is 0 Å². The third kappa shape index (κ3) is 4.33. The van der Waals surface area contributed by atoms with Gasteiger partial charge in [0.15, 0.2) is 0 Å². The molecule has 0 unspecified atom stereocenters. The van der Waals surface area contributed by atoms with Gasteiger partial charge in [-0.2, -0.15) is 0 Å². The molecule has 0 spiro atoms. The average molecular weight is 284 g/mol. The number of hydrogen-bond donors (Lipinski definition) is 2. The molecule has 0 saturated carbocycles. The van der Waals surface area contributed by atoms with Crippen molar-refractivity contribution in [2.75, 3.05) is 5.32 Å². The van der Waals surface area contributed by atoms with Crippen molar-refractivity contribution in [3.8, 4) is 11.5 Å². The molecule has 110 valence electrons. The Kier molecular flexibility index (Phi) is 4.95. The molecular formula is C17H20N2O2. The Bertz CT molecular complexity index is 579. The van der Waals surface area contributed by atoms with Crippen molar-refractivity contribution in [3.63, 3.8) is 0 Å². The van der Waals surface area contributed by atoms with Gasteiger partial charge in [0.2, 0.25) is 5.91 Å². The van der Waals surface area contributed by atoms with Crippen LogP contribution in [0.1, 0.15) is 13.8 Å². The highest BCUT2D eigenvalue weighted by Crippen LogP contribution is 2.22. The lowest BCUT2D eigenvalue weighted by Crippen LogP contribution is -2.39. The number of para-hydroxylation sites is 1. The summed E-state index contributed by atoms with van der Waals surface area (Å²) in [5, 5.41) is 2.79. The standard InChI is InChI=1S/C17H20N2O2/c1-12(2)16(18)17(20)19-13-8-10-15(11-9-13)21-14-6-4-3-5-7-14/h3-12,16H,18H2,1-2H3,(H,19,20)/t16-/m0/s1. The molecule has 0 bridgehead atoms. The predicted molar refractivity (Wildman–Crippen MR) is 84.4 cm³/mol. The summed E-state index contributed by atoms with van der Waals surface area (Å²) in [6, 6.07) is 16.2. The van der Waals surface area contributed by atoms with Crippen LogP contribution >= 0.6 is 0 Å². The Morgan fingerprint density at radius 1 is 1.00 bits per heavy atom. The Morgan fingerprint density at radius 2 is 1.57 bits per heavy atom. The van der Waals surface area contributed by atoms with Crippen LogP contribution in [0.4, 0.5) is 5.69 Å². The first-order valence-electron chi connectivity index (χ1n) is 6.95. The van der Waals surface area contributed by atoms with E-state index >= 15 is 0 Å². The van der Waals surface area contributed by atoms with Gasteiger partial charge in [0, 0.05) is 5.69 Å². The Morgan fingerprint density at radius 3 is 2.14 bits per heavy atom. The zero-order valence-corrected chi connectivity index (χ0v) is 12.2. The van der Waals surface area contributed by atoms with Gasteiger partial charge < -0.3 is 15.8 Å². The fourth-order valence-corrected chi connectivity index (χ4v) is 1.76. The third-order valence-corrected chi connectivity index (χ3v) is 3.12. The van der Waals surface area contributed by atoms with Gasteiger partial charge in [-0.1, -0.05) is 32.0 Å². The number of nitrogens with one attached hydrogen (secondary N) is 1. The lowest BCUT2D eigenvalue weighted by Gasteiger charge is -2.15. The molecule has 21 heavy (non-hydrogen) atoms. The number of benzene rings is 2. The van der Waals surface area contributed by atoms with Gasteiger partial charge in [-0.05, 0) is 42.3 Å². The van der Waals surface area contributed by atoms with E-state index in [9.17, 15) is 4.79 Å². The van der Waals surface area contributed by atoms with E-state index in [1.807, 2.05) is 56.3 Å². The Labute approximate surface area is 124 Å². The van der Waals surface area contributed by atoms with Gasteiger partial charge in [0.05, 0.1) is 6.04 Å². The van der Waals surface area contributed by atoms with E-state index in [0.29, 0.717) is 11.4 Å². The molecule has 0 aromatic heterocycles. The summed E-state index contributed by atoms with van der Waals surface area (Å²) < 4.78 is 5.69. The van der Waals surface area contributed by atoms with E-state index < -0.39 is 6.04 Å². The summed E-state index contributed by atoms with van der Waals surface area (Å²) in [4.78, 5) is 11.9. The highest BCUT2D eigenvalue weighted by atomic mass is 16.5. The largest absolute Gasteiger partial charge is 0.457 e. The van der Waals surface area contributed by atoms with Crippen molar-refractivity contribution in [1.29, 1.82) is 0 Å². The van der Waals surface area contributed by atoms with Crippen molar-refractivity contribution in [2.45, 2.75) is 19.9 Å². The molecule has 0 aliphatic rings. The second kappa shape index (κ2) is 6.90. The molecule has 0 aliphatic heterocycles. The number of nitrogens with two attached hydrogens (primary N) is 1. The molecule has 4 nitrogen and oxygen atoms in total. The predicted octanol–water partition coefficient (Wildman–Crippen LogP) is 3.40. The van der Waals surface area contributed by atoms with Crippen LogP contribution in [-0.4, -0.2) is 11.9 Å². The fraction of sp³-hybridized carbons (Fsp3) is 0.235. The topological polar surface area (TPSA) is 64.4 Å². The van der Waals surface area contributed by atoms with Gasteiger partial charge in [-0.15, -0.1) is 0 Å². The zero-order chi connectivity index (χ0) is 15.2. The van der Waals surface area contributed by atoms with Crippen LogP contribution in [0.5, 0.6) is 11.5 Å². The summed E-state index contributed by atoms with van der Waals surface area (Å²) in [5.74, 6) is 1.41. The first-order chi connectivity index (χ1) is 10.1. The van der Waals surface area contributed by atoms with Crippen molar-refractivity contribution in [3.05, 3.63) is 54.6 Å². The molecule has 0 fully saturated rings. The molecule has 3 N–H and O–H groups in total. The number of amides is 1. The minimum Gasteiger partial charge on any atom is -0.457 e. The number of carbonyl (C=O) groups is 1. The minimum atomic E-state index is -0.509. The number of hydrogen-bond acceptors (Lipinski definition) is 3. The van der Waals surface area contributed by atoms with Crippen LogP contribution in [-0.2, 0) is 4.79 Å². The maximum atomic E-state index is 11.9. The van der Waals surface area contributed by atoms with Crippen molar-refractivity contribution >= 4 is 11.6 Å². The summed E-state index contributed by atoms with van der Waals surface area (Å²) in [6.45, 7) is 3.84. The highest BCUT2D eigenvalue weighted by Gasteiger charge is 2.16. The minimum absolute atomic E-state index is 0.102. The molecular weight excluding hydrogens is 264 g/mol. The van der Waals surface area contributed by atoms with Gasteiger partial charge >= 0.3 is 0 Å². The van der Waals surface area contributed by atoms with Crippen molar-refractivity contribution < 1.29 is 9.53 Å². The molecule has 1 amide bonds. The van der Waals surface area contributed by atoms with Gasteiger partial charge in [-0.25, -0.2) is 0 Å². The van der Waals surface area contributed by atoms with Crippen LogP contribution in [0.15, 0.2) is 54.6 Å². The Balaban J connectivity index is 1.98. The van der Waals surface area contributed by atoms with Crippen LogP contribution in [0.3, 0.4) is 0 Å². The summed E-state index contributed by atoms with van der Waals surface area (Å²) in [7, 11) is 0. The summed E-state index contributed by atoms with van der Waals surface area (Å²) in [6.07, 6.45) is 0. The molecule has 2 rings (SSSR count). The van der Waals surface area contributed by atoms with Gasteiger partial charge in [0.25, 0.3) is 0 Å². The fourth-order valence-electron chi connectivity index (χ4n) is 1.76. The van der Waals surface area contributed by atoms with Gasteiger partial charge in [-0.3, -0.25) is 4.79 Å². The molecule has 0 heterocycles. The maximum absolute atomic E-state index is 11.9. The van der Waals surface area contributed by atoms with E-state index in [-0.39, 0.29) is 11.8 Å². The number of rotatable bonds is 5. The monoisotopic (exact) mass is 284 g/mol. The van der Waals surface area contributed by atoms with Crippen molar-refractivity contribution in [2.24, 2.45) is 11.7 Å². The second-order valence-corrected chi connectivity index (χ2v) is 5.20. The molecule has 0 aliphatic carbocycles. The molecule has 1 atom stereocenters. The Hall–Kier alpha value is -2.33. The molecule has 2 aromatic carbocycles. The molecule has 4 heteroatoms. The lowest BCUT2D eigenvalue weighted by molar-refractivity contribution is -0.118. The number of ether oxygens (including phenoxy) is 1. The van der Waals surface area contributed by atoms with E-state index in [4.69, 9.17) is 10.5 Å². The first-order valence-corrected chi connectivity index (χ1v) is 6.95. The molecule has 0 radical (unpaired) electrons. The van der Waals surface area contributed by atoms with E-state index in [0.717, 1.165) is 5.75 Å². The summed E-state index contributed by atoms with van der Waals surface area (Å²) >= 11 is 0. The molecule has 2 aromatic rings. The van der Waals surface area contributed by atoms with E-state index in [1.165, 1.54) is 0 Å². The number of carbonyl (C=O) groups excluding carboxylic acids is 1. The van der Waals surface area contributed by atoms with Crippen LogP contribution in [0, 0.1) is 5.92 Å². The highest BCUT2D eigenvalue weighted by molar-refractivity contribution is 5.94.